The molecule has 0 aromatic heterocycles. The zero-order chi connectivity index (χ0) is 16.3. The summed E-state index contributed by atoms with van der Waals surface area (Å²) in [5.41, 5.74) is -0.817. The Hall–Kier alpha value is -0.990. The van der Waals surface area contributed by atoms with Crippen molar-refractivity contribution < 1.29 is 35.1 Å². The molecule has 0 amide bonds. The lowest BCUT2D eigenvalue weighted by atomic mass is 10.1. The number of alkyl halides is 8. The van der Waals surface area contributed by atoms with Crippen molar-refractivity contribution in [2.75, 3.05) is 5.75 Å². The summed E-state index contributed by atoms with van der Waals surface area (Å²) in [5.74, 6) is -5.05. The van der Waals surface area contributed by atoms with Crippen LogP contribution in [0.15, 0.2) is 24.3 Å². The number of hydrogen-bond acceptors (Lipinski definition) is 1. The molecule has 9 heteroatoms. The minimum atomic E-state index is -5.68. The highest BCUT2D eigenvalue weighted by Gasteiger charge is 2.58. The lowest BCUT2D eigenvalue weighted by molar-refractivity contribution is -0.289. The molecule has 0 saturated heterocycles. The van der Waals surface area contributed by atoms with Gasteiger partial charge in [-0.3, -0.25) is 0 Å². The van der Waals surface area contributed by atoms with Crippen molar-refractivity contribution in [2.24, 2.45) is 0 Å². The quantitative estimate of drug-likeness (QED) is 0.503. The molecule has 0 atom stereocenters. The second-order valence-electron chi connectivity index (χ2n) is 4.19. The van der Waals surface area contributed by atoms with E-state index in [1.165, 1.54) is 0 Å². The molecular weight excluding hydrogens is 328 g/mol. The van der Waals surface area contributed by atoms with Crippen LogP contribution < -0.4 is 0 Å². The van der Waals surface area contributed by atoms with Crippen molar-refractivity contribution in [1.29, 1.82) is 0 Å². The van der Waals surface area contributed by atoms with Gasteiger partial charge in [0.2, 0.25) is 0 Å². The van der Waals surface area contributed by atoms with Gasteiger partial charge in [-0.25, -0.2) is 0 Å². The first-order chi connectivity index (χ1) is 9.43. The van der Waals surface area contributed by atoms with Crippen LogP contribution in [-0.2, 0) is 11.7 Å². The van der Waals surface area contributed by atoms with Crippen molar-refractivity contribution in [1.82, 2.24) is 0 Å². The van der Waals surface area contributed by atoms with Crippen molar-refractivity contribution in [3.05, 3.63) is 35.4 Å². The van der Waals surface area contributed by atoms with Crippen LogP contribution in [0.2, 0.25) is 0 Å². The molecule has 0 heterocycles. The van der Waals surface area contributed by atoms with Crippen LogP contribution in [0.25, 0.3) is 0 Å². The number of hydrogen-bond donors (Lipinski definition) is 0. The summed E-state index contributed by atoms with van der Waals surface area (Å²) < 4.78 is 97.9. The molecule has 0 aliphatic carbocycles. The Morgan fingerprint density at radius 2 is 1.33 bits per heavy atom. The van der Waals surface area contributed by atoms with Gasteiger partial charge in [0.1, 0.15) is 0 Å². The fourth-order valence-corrected chi connectivity index (χ4v) is 2.30. The Morgan fingerprint density at radius 3 is 1.76 bits per heavy atom. The fraction of sp³-hybridized carbons (Fsp3) is 0.500. The standard InChI is InChI=1S/C12H10F8S/c13-10(14,15)5-6-21-7-8-1-3-9(4-2-8)11(16,17)12(18,19)20/h1-4H,5-7H2. The van der Waals surface area contributed by atoms with E-state index in [4.69, 9.17) is 0 Å². The van der Waals surface area contributed by atoms with Crippen molar-refractivity contribution in [2.45, 2.75) is 30.4 Å². The van der Waals surface area contributed by atoms with Crippen molar-refractivity contribution in [3.8, 4) is 0 Å². The third kappa shape index (κ3) is 5.37. The van der Waals surface area contributed by atoms with Gasteiger partial charge in [-0.1, -0.05) is 24.3 Å². The molecule has 0 aliphatic rings. The third-order valence-corrected chi connectivity index (χ3v) is 3.50. The SMILES string of the molecule is FC(F)(F)CCSCc1ccc(C(F)(F)C(F)(F)F)cc1. The first kappa shape index (κ1) is 18.1. The third-order valence-electron chi connectivity index (χ3n) is 2.47. The van der Waals surface area contributed by atoms with Crippen LogP contribution in [0.3, 0.4) is 0 Å². The van der Waals surface area contributed by atoms with E-state index in [0.717, 1.165) is 23.9 Å². The molecular formula is C12H10F8S. The average Bonchev–Trinajstić information content (AvgIpc) is 2.33. The topological polar surface area (TPSA) is 0 Å². The molecule has 0 aliphatic heterocycles. The molecule has 1 aromatic rings. The van der Waals surface area contributed by atoms with Gasteiger partial charge in [-0.15, -0.1) is 0 Å². The number of benzene rings is 1. The zero-order valence-corrected chi connectivity index (χ0v) is 11.2. The van der Waals surface area contributed by atoms with Crippen LogP contribution in [-0.4, -0.2) is 18.1 Å². The minimum absolute atomic E-state index is 0.105. The molecule has 21 heavy (non-hydrogen) atoms. The summed E-state index contributed by atoms with van der Waals surface area (Å²) in [6.07, 6.45) is -10.9. The summed E-state index contributed by atoms with van der Waals surface area (Å²) in [7, 11) is 0. The highest BCUT2D eigenvalue weighted by molar-refractivity contribution is 7.98. The molecule has 0 bridgehead atoms. The maximum atomic E-state index is 13.0. The van der Waals surface area contributed by atoms with Gasteiger partial charge in [-0.2, -0.15) is 46.9 Å². The Morgan fingerprint density at radius 1 is 0.810 bits per heavy atom. The molecule has 0 unspecified atom stereocenters. The smallest absolute Gasteiger partial charge is 0.191 e. The van der Waals surface area contributed by atoms with Gasteiger partial charge in [0.15, 0.2) is 0 Å². The number of halogens is 8. The van der Waals surface area contributed by atoms with Gasteiger partial charge in [0.05, 0.1) is 6.42 Å². The lowest BCUT2D eigenvalue weighted by Crippen LogP contribution is -2.33. The first-order valence-electron chi connectivity index (χ1n) is 5.62. The summed E-state index contributed by atoms with van der Waals surface area (Å²) in [4.78, 5) is 0. The van der Waals surface area contributed by atoms with Crippen LogP contribution in [0.1, 0.15) is 17.5 Å². The Balaban J connectivity index is 2.59. The highest BCUT2D eigenvalue weighted by atomic mass is 32.2. The Bertz CT molecular complexity index is 446. The lowest BCUT2D eigenvalue weighted by Gasteiger charge is -2.19. The second-order valence-corrected chi connectivity index (χ2v) is 5.29. The molecule has 1 rings (SSSR count). The summed E-state index contributed by atoms with van der Waals surface area (Å²) in [5, 5.41) is 0. The summed E-state index contributed by atoms with van der Waals surface area (Å²) >= 11 is 0.922. The van der Waals surface area contributed by atoms with E-state index in [1.807, 2.05) is 0 Å². The van der Waals surface area contributed by atoms with Crippen molar-refractivity contribution >= 4 is 11.8 Å². The maximum absolute atomic E-state index is 13.0. The van der Waals surface area contributed by atoms with E-state index >= 15 is 0 Å². The monoisotopic (exact) mass is 338 g/mol. The van der Waals surface area contributed by atoms with E-state index in [9.17, 15) is 35.1 Å². The molecule has 0 fully saturated rings. The van der Waals surface area contributed by atoms with E-state index in [2.05, 4.69) is 0 Å². The van der Waals surface area contributed by atoms with Crippen LogP contribution in [0.5, 0.6) is 0 Å². The van der Waals surface area contributed by atoms with Gasteiger partial charge in [0, 0.05) is 17.1 Å². The zero-order valence-electron chi connectivity index (χ0n) is 10.4. The van der Waals surface area contributed by atoms with Crippen LogP contribution in [0.4, 0.5) is 35.1 Å². The van der Waals surface area contributed by atoms with E-state index in [-0.39, 0.29) is 11.5 Å². The molecule has 0 N–H and O–H groups in total. The fourth-order valence-electron chi connectivity index (χ4n) is 1.35. The maximum Gasteiger partial charge on any atom is 0.458 e. The number of thioether (sulfide) groups is 1. The largest absolute Gasteiger partial charge is 0.458 e. The summed E-state index contributed by atoms with van der Waals surface area (Å²) in [6, 6.07) is 3.37. The molecule has 1 aromatic carbocycles. The Labute approximate surface area is 119 Å². The molecule has 0 saturated carbocycles. The normalized spacial score (nSPS) is 13.5. The number of rotatable bonds is 5. The van der Waals surface area contributed by atoms with Gasteiger partial charge in [0.25, 0.3) is 0 Å². The molecule has 0 spiro atoms. The van der Waals surface area contributed by atoms with E-state index in [0.29, 0.717) is 17.7 Å². The predicted molar refractivity (Wildman–Crippen MR) is 63.2 cm³/mol. The van der Waals surface area contributed by atoms with Crippen LogP contribution >= 0.6 is 11.8 Å². The summed E-state index contributed by atoms with van der Waals surface area (Å²) in [6.45, 7) is 0. The minimum Gasteiger partial charge on any atom is -0.191 e. The van der Waals surface area contributed by atoms with E-state index in [1.54, 1.807) is 0 Å². The van der Waals surface area contributed by atoms with Gasteiger partial charge in [-0.05, 0) is 5.56 Å². The van der Waals surface area contributed by atoms with Crippen molar-refractivity contribution in [3.63, 3.8) is 0 Å². The molecule has 0 nitrogen and oxygen atoms in total. The first-order valence-corrected chi connectivity index (χ1v) is 6.77. The van der Waals surface area contributed by atoms with Crippen LogP contribution in [0, 0.1) is 0 Å². The van der Waals surface area contributed by atoms with Gasteiger partial charge < -0.3 is 0 Å². The van der Waals surface area contributed by atoms with E-state index < -0.39 is 30.3 Å². The molecule has 0 radical (unpaired) electrons. The Kier molecular flexibility index (Phi) is 5.51. The predicted octanol–water partition coefficient (Wildman–Crippen LogP) is 5.53. The van der Waals surface area contributed by atoms with Gasteiger partial charge >= 0.3 is 18.3 Å². The second kappa shape index (κ2) is 6.41. The average molecular weight is 338 g/mol. The highest BCUT2D eigenvalue weighted by Crippen LogP contribution is 2.43. The molecule has 120 valence electrons.